The molecule has 1 aliphatic rings. The van der Waals surface area contributed by atoms with Crippen LogP contribution < -0.4 is 10.1 Å². The molecule has 1 fully saturated rings. The van der Waals surface area contributed by atoms with Crippen LogP contribution in [0.25, 0.3) is 0 Å². The summed E-state index contributed by atoms with van der Waals surface area (Å²) in [5, 5.41) is 15.0. The maximum absolute atomic E-state index is 13.9. The molecule has 1 aromatic carbocycles. The summed E-state index contributed by atoms with van der Waals surface area (Å²) in [7, 11) is 0. The number of aromatic nitrogens is 1. The van der Waals surface area contributed by atoms with Crippen LogP contribution in [0.15, 0.2) is 28.8 Å². The smallest absolute Gasteiger partial charge is 0.344 e. The molecule has 0 bridgehead atoms. The lowest BCUT2D eigenvalue weighted by molar-refractivity contribution is -0.144. The zero-order valence-electron chi connectivity index (χ0n) is 12.8. The van der Waals surface area contributed by atoms with Crippen LogP contribution in [0.5, 0.6) is 5.75 Å². The van der Waals surface area contributed by atoms with Crippen LogP contribution in [0.3, 0.4) is 0 Å². The zero-order valence-corrected chi connectivity index (χ0v) is 12.8. The molecule has 0 spiro atoms. The molecule has 1 unspecified atom stereocenters. The number of hydrogen-bond acceptors (Lipinski definition) is 5. The van der Waals surface area contributed by atoms with Crippen molar-refractivity contribution in [3.63, 3.8) is 0 Å². The Bertz CT molecular complexity index is 785. The van der Waals surface area contributed by atoms with Crippen molar-refractivity contribution in [1.29, 1.82) is 0 Å². The largest absolute Gasteiger partial charge is 0.479 e. The van der Waals surface area contributed by atoms with Gasteiger partial charge in [-0.15, -0.1) is 0 Å². The highest BCUT2D eigenvalue weighted by atomic mass is 19.1. The SMILES string of the molecule is CC(Oc1ccc(NC(=O)c2cc(C3CC3)on2)cc1F)C(=O)O. The lowest BCUT2D eigenvalue weighted by Crippen LogP contribution is -2.23. The van der Waals surface area contributed by atoms with Crippen LogP contribution in [-0.4, -0.2) is 28.2 Å². The first kappa shape index (κ1) is 16.0. The number of hydrogen-bond donors (Lipinski definition) is 2. The molecule has 7 nitrogen and oxygen atoms in total. The van der Waals surface area contributed by atoms with Gasteiger partial charge in [0.15, 0.2) is 23.4 Å². The maximum Gasteiger partial charge on any atom is 0.344 e. The number of nitrogens with zero attached hydrogens (tertiary/aromatic N) is 1. The van der Waals surface area contributed by atoms with Crippen LogP contribution in [0.1, 0.15) is 41.9 Å². The Morgan fingerprint density at radius 3 is 2.79 bits per heavy atom. The minimum atomic E-state index is -1.20. The molecule has 8 heteroatoms. The van der Waals surface area contributed by atoms with Crippen LogP contribution in [-0.2, 0) is 4.79 Å². The van der Waals surface area contributed by atoms with Gasteiger partial charge in [0.25, 0.3) is 5.91 Å². The van der Waals surface area contributed by atoms with E-state index in [1.54, 1.807) is 6.07 Å². The molecular formula is C16H15FN2O5. The van der Waals surface area contributed by atoms with Gasteiger partial charge < -0.3 is 19.7 Å². The molecule has 1 atom stereocenters. The zero-order chi connectivity index (χ0) is 17.3. The molecule has 0 radical (unpaired) electrons. The Labute approximate surface area is 136 Å². The molecule has 126 valence electrons. The number of carbonyl (C=O) groups is 2. The number of carboxylic acids is 1. The minimum Gasteiger partial charge on any atom is -0.479 e. The summed E-state index contributed by atoms with van der Waals surface area (Å²) in [6.07, 6.45) is 0.867. The molecule has 1 saturated carbocycles. The summed E-state index contributed by atoms with van der Waals surface area (Å²) in [5.41, 5.74) is 0.320. The average molecular weight is 334 g/mol. The molecule has 0 aliphatic heterocycles. The molecule has 2 N–H and O–H groups in total. The second kappa shape index (κ2) is 6.31. The van der Waals surface area contributed by atoms with Crippen LogP contribution in [0.4, 0.5) is 10.1 Å². The molecule has 24 heavy (non-hydrogen) atoms. The van der Waals surface area contributed by atoms with Crippen LogP contribution in [0, 0.1) is 5.82 Å². The first-order valence-electron chi connectivity index (χ1n) is 7.41. The summed E-state index contributed by atoms with van der Waals surface area (Å²) < 4.78 is 24.0. The summed E-state index contributed by atoms with van der Waals surface area (Å²) in [6.45, 7) is 1.29. The fourth-order valence-corrected chi connectivity index (χ4v) is 2.07. The van der Waals surface area contributed by atoms with Crippen molar-refractivity contribution in [3.05, 3.63) is 41.5 Å². The van der Waals surface area contributed by atoms with Gasteiger partial charge in [0.1, 0.15) is 5.76 Å². The molecule has 1 heterocycles. The number of halogens is 1. The van der Waals surface area contributed by atoms with E-state index in [4.69, 9.17) is 14.4 Å². The van der Waals surface area contributed by atoms with Crippen molar-refractivity contribution < 1.29 is 28.3 Å². The molecule has 1 amide bonds. The van der Waals surface area contributed by atoms with Gasteiger partial charge in [0.2, 0.25) is 0 Å². The second-order valence-electron chi connectivity index (χ2n) is 5.59. The third kappa shape index (κ3) is 3.53. The normalized spacial score (nSPS) is 14.9. The monoisotopic (exact) mass is 334 g/mol. The van der Waals surface area contributed by atoms with E-state index in [0.717, 1.165) is 18.9 Å². The highest BCUT2D eigenvalue weighted by Crippen LogP contribution is 2.40. The van der Waals surface area contributed by atoms with Crippen molar-refractivity contribution in [2.75, 3.05) is 5.32 Å². The van der Waals surface area contributed by atoms with E-state index in [-0.39, 0.29) is 17.1 Å². The summed E-state index contributed by atoms with van der Waals surface area (Å²) in [5.74, 6) is -1.69. The quantitative estimate of drug-likeness (QED) is 0.842. The third-order valence-corrected chi connectivity index (χ3v) is 3.58. The summed E-state index contributed by atoms with van der Waals surface area (Å²) in [4.78, 5) is 22.8. The fraction of sp³-hybridized carbons (Fsp3) is 0.312. The Morgan fingerprint density at radius 2 is 2.17 bits per heavy atom. The number of amides is 1. The van der Waals surface area contributed by atoms with Gasteiger partial charge in [-0.2, -0.15) is 0 Å². The van der Waals surface area contributed by atoms with Crippen molar-refractivity contribution >= 4 is 17.6 Å². The lowest BCUT2D eigenvalue weighted by Gasteiger charge is -2.12. The number of rotatable bonds is 6. The fourth-order valence-electron chi connectivity index (χ4n) is 2.07. The average Bonchev–Trinajstić information content (AvgIpc) is 3.26. The minimum absolute atomic E-state index is 0.122. The van der Waals surface area contributed by atoms with Gasteiger partial charge in [-0.1, -0.05) is 5.16 Å². The highest BCUT2D eigenvalue weighted by Gasteiger charge is 2.29. The van der Waals surface area contributed by atoms with Gasteiger partial charge in [0, 0.05) is 23.7 Å². The van der Waals surface area contributed by atoms with E-state index in [9.17, 15) is 14.0 Å². The number of nitrogens with one attached hydrogen (secondary N) is 1. The molecule has 1 aromatic heterocycles. The summed E-state index contributed by atoms with van der Waals surface area (Å²) in [6, 6.07) is 5.29. The Balaban J connectivity index is 1.67. The molecule has 1 aliphatic carbocycles. The molecule has 3 rings (SSSR count). The highest BCUT2D eigenvalue weighted by molar-refractivity contribution is 6.02. The van der Waals surface area contributed by atoms with Crippen molar-refractivity contribution in [3.8, 4) is 5.75 Å². The first-order valence-corrected chi connectivity index (χ1v) is 7.41. The topological polar surface area (TPSA) is 102 Å². The summed E-state index contributed by atoms with van der Waals surface area (Å²) >= 11 is 0. The third-order valence-electron chi connectivity index (χ3n) is 3.58. The van der Waals surface area contributed by atoms with E-state index in [2.05, 4.69) is 10.5 Å². The Morgan fingerprint density at radius 1 is 1.42 bits per heavy atom. The van der Waals surface area contributed by atoms with Crippen molar-refractivity contribution in [2.45, 2.75) is 31.8 Å². The number of carbonyl (C=O) groups excluding carboxylic acids is 1. The Hall–Kier alpha value is -2.90. The number of aliphatic carboxylic acids is 1. The van der Waals surface area contributed by atoms with Gasteiger partial charge >= 0.3 is 5.97 Å². The van der Waals surface area contributed by atoms with Crippen molar-refractivity contribution in [2.24, 2.45) is 0 Å². The van der Waals surface area contributed by atoms with Gasteiger partial charge in [0.05, 0.1) is 0 Å². The Kier molecular flexibility index (Phi) is 4.20. The number of ether oxygens (including phenoxy) is 1. The van der Waals surface area contributed by atoms with E-state index in [0.29, 0.717) is 11.7 Å². The van der Waals surface area contributed by atoms with Crippen LogP contribution in [0.2, 0.25) is 0 Å². The molecule has 0 saturated heterocycles. The predicted octanol–water partition coefficient (Wildman–Crippen LogP) is 2.80. The van der Waals surface area contributed by atoms with Gasteiger partial charge in [-0.05, 0) is 31.9 Å². The number of carboxylic acid groups (broad SMARTS) is 1. The van der Waals surface area contributed by atoms with Gasteiger partial charge in [-0.25, -0.2) is 9.18 Å². The second-order valence-corrected chi connectivity index (χ2v) is 5.59. The van der Waals surface area contributed by atoms with E-state index >= 15 is 0 Å². The molecule has 2 aromatic rings. The number of benzene rings is 1. The van der Waals surface area contributed by atoms with Crippen molar-refractivity contribution in [1.82, 2.24) is 5.16 Å². The predicted molar refractivity (Wildman–Crippen MR) is 80.6 cm³/mol. The number of anilines is 1. The standard InChI is InChI=1S/C16H15FN2O5/c1-8(16(21)22)23-13-5-4-10(6-11(13)17)18-15(20)12-7-14(24-19-12)9-2-3-9/h4-9H,2-3H2,1H3,(H,18,20)(H,21,22). The lowest BCUT2D eigenvalue weighted by atomic mass is 10.2. The van der Waals surface area contributed by atoms with Gasteiger partial charge in [-0.3, -0.25) is 4.79 Å². The maximum atomic E-state index is 13.9. The molecular weight excluding hydrogens is 319 g/mol. The first-order chi connectivity index (χ1) is 11.4. The van der Waals surface area contributed by atoms with E-state index in [1.165, 1.54) is 19.1 Å². The van der Waals surface area contributed by atoms with E-state index in [1.807, 2.05) is 0 Å². The van der Waals surface area contributed by atoms with E-state index < -0.39 is 23.8 Å². The van der Waals surface area contributed by atoms with Crippen LogP contribution >= 0.6 is 0 Å².